The fraction of sp³-hybridized carbons (Fsp3) is 0.778. The van der Waals surface area contributed by atoms with Crippen molar-refractivity contribution in [3.05, 3.63) is 0 Å². The standard InChI is InChI=1S/C9H15NO3/c1-8(2)5(7(10)12)6(11)9(3,4)13-8/h5H,1-4H3,(H2,10,12). The Hall–Kier alpha value is -0.900. The number of primary amides is 1. The molecular weight excluding hydrogens is 170 g/mol. The number of carbonyl (C=O) groups is 2. The Morgan fingerprint density at radius 2 is 1.85 bits per heavy atom. The summed E-state index contributed by atoms with van der Waals surface area (Å²) < 4.78 is 5.47. The van der Waals surface area contributed by atoms with Gasteiger partial charge in [0.1, 0.15) is 11.5 Å². The van der Waals surface area contributed by atoms with E-state index in [1.54, 1.807) is 27.7 Å². The van der Waals surface area contributed by atoms with Crippen molar-refractivity contribution < 1.29 is 14.3 Å². The molecule has 13 heavy (non-hydrogen) atoms. The summed E-state index contributed by atoms with van der Waals surface area (Å²) >= 11 is 0. The van der Waals surface area contributed by atoms with E-state index in [-0.39, 0.29) is 5.78 Å². The Morgan fingerprint density at radius 3 is 2.00 bits per heavy atom. The topological polar surface area (TPSA) is 69.4 Å². The minimum atomic E-state index is -0.900. The predicted molar refractivity (Wildman–Crippen MR) is 46.9 cm³/mol. The Kier molecular flexibility index (Phi) is 1.99. The van der Waals surface area contributed by atoms with E-state index in [1.165, 1.54) is 0 Å². The van der Waals surface area contributed by atoms with Crippen LogP contribution in [0.2, 0.25) is 0 Å². The molecule has 4 nitrogen and oxygen atoms in total. The third kappa shape index (κ3) is 1.46. The molecule has 0 radical (unpaired) electrons. The van der Waals surface area contributed by atoms with Crippen molar-refractivity contribution >= 4 is 11.7 Å². The number of Topliss-reactive ketones (excluding diaryl/α,β-unsaturated/α-hetero) is 1. The van der Waals surface area contributed by atoms with Crippen molar-refractivity contribution in [3.63, 3.8) is 0 Å². The van der Waals surface area contributed by atoms with Gasteiger partial charge in [-0.3, -0.25) is 9.59 Å². The number of carbonyl (C=O) groups excluding carboxylic acids is 2. The Balaban J connectivity index is 3.09. The van der Waals surface area contributed by atoms with Gasteiger partial charge in [-0.05, 0) is 27.7 Å². The second-order valence-corrected chi connectivity index (χ2v) is 4.42. The second-order valence-electron chi connectivity index (χ2n) is 4.42. The highest BCUT2D eigenvalue weighted by molar-refractivity contribution is 6.07. The Bertz CT molecular complexity index is 268. The zero-order valence-corrected chi connectivity index (χ0v) is 8.38. The third-order valence-corrected chi connectivity index (χ3v) is 2.35. The van der Waals surface area contributed by atoms with Crippen LogP contribution in [0.1, 0.15) is 27.7 Å². The summed E-state index contributed by atoms with van der Waals surface area (Å²) in [6, 6.07) is 0. The minimum Gasteiger partial charge on any atom is -0.369 e. The maximum atomic E-state index is 11.7. The van der Waals surface area contributed by atoms with E-state index < -0.39 is 23.0 Å². The normalized spacial score (nSPS) is 30.5. The van der Waals surface area contributed by atoms with E-state index in [2.05, 4.69) is 0 Å². The molecule has 1 saturated heterocycles. The van der Waals surface area contributed by atoms with Gasteiger partial charge in [-0.1, -0.05) is 0 Å². The van der Waals surface area contributed by atoms with Crippen LogP contribution in [0.4, 0.5) is 0 Å². The van der Waals surface area contributed by atoms with Gasteiger partial charge in [-0.2, -0.15) is 0 Å². The molecule has 0 saturated carbocycles. The lowest BCUT2D eigenvalue weighted by Gasteiger charge is -2.23. The summed E-state index contributed by atoms with van der Waals surface area (Å²) in [6.45, 7) is 6.71. The van der Waals surface area contributed by atoms with Gasteiger partial charge in [0.25, 0.3) is 0 Å². The number of amides is 1. The van der Waals surface area contributed by atoms with Gasteiger partial charge in [-0.15, -0.1) is 0 Å². The molecule has 1 amide bonds. The lowest BCUT2D eigenvalue weighted by Crippen LogP contribution is -2.41. The monoisotopic (exact) mass is 185 g/mol. The Morgan fingerprint density at radius 1 is 1.38 bits per heavy atom. The van der Waals surface area contributed by atoms with Crippen LogP contribution in [0.3, 0.4) is 0 Å². The van der Waals surface area contributed by atoms with Crippen LogP contribution < -0.4 is 5.73 Å². The molecule has 0 aromatic rings. The summed E-state index contributed by atoms with van der Waals surface area (Å²) in [5.41, 5.74) is 3.46. The van der Waals surface area contributed by atoms with Crippen LogP contribution in [-0.4, -0.2) is 22.9 Å². The highest BCUT2D eigenvalue weighted by Crippen LogP contribution is 2.38. The molecule has 0 aromatic carbocycles. The van der Waals surface area contributed by atoms with Crippen molar-refractivity contribution in [1.29, 1.82) is 0 Å². The van der Waals surface area contributed by atoms with E-state index in [4.69, 9.17) is 10.5 Å². The van der Waals surface area contributed by atoms with Crippen molar-refractivity contribution in [3.8, 4) is 0 Å². The van der Waals surface area contributed by atoms with E-state index in [0.29, 0.717) is 0 Å². The van der Waals surface area contributed by atoms with Gasteiger partial charge in [0.2, 0.25) is 5.91 Å². The molecule has 0 aromatic heterocycles. The van der Waals surface area contributed by atoms with Gasteiger partial charge in [0, 0.05) is 0 Å². The molecule has 2 N–H and O–H groups in total. The molecule has 4 heteroatoms. The zero-order chi connectivity index (χ0) is 10.4. The minimum absolute atomic E-state index is 0.231. The number of hydrogen-bond acceptors (Lipinski definition) is 3. The molecule has 74 valence electrons. The SMILES string of the molecule is CC1(C)OC(C)(C)C(C(N)=O)C1=O. The molecule has 0 bridgehead atoms. The molecule has 1 rings (SSSR count). The molecule has 1 aliphatic heterocycles. The van der Waals surface area contributed by atoms with Crippen LogP contribution in [0.25, 0.3) is 0 Å². The molecule has 0 aliphatic carbocycles. The summed E-state index contributed by atoms with van der Waals surface area (Å²) in [5.74, 6) is -1.67. The predicted octanol–water partition coefficient (Wildman–Crippen LogP) is 0.244. The second kappa shape index (κ2) is 2.54. The van der Waals surface area contributed by atoms with Crippen LogP contribution in [0, 0.1) is 5.92 Å². The van der Waals surface area contributed by atoms with E-state index in [1.807, 2.05) is 0 Å². The highest BCUT2D eigenvalue weighted by atomic mass is 16.5. The number of hydrogen-bond donors (Lipinski definition) is 1. The van der Waals surface area contributed by atoms with Gasteiger partial charge < -0.3 is 10.5 Å². The van der Waals surface area contributed by atoms with Gasteiger partial charge >= 0.3 is 0 Å². The third-order valence-electron chi connectivity index (χ3n) is 2.35. The molecular formula is C9H15NO3. The average Bonchev–Trinajstić information content (AvgIpc) is 1.96. The zero-order valence-electron chi connectivity index (χ0n) is 8.38. The summed E-state index contributed by atoms with van der Waals surface area (Å²) in [4.78, 5) is 22.7. The first kappa shape index (κ1) is 10.2. The van der Waals surface area contributed by atoms with E-state index >= 15 is 0 Å². The lowest BCUT2D eigenvalue weighted by molar-refractivity contribution is -0.133. The molecule has 1 heterocycles. The van der Waals surface area contributed by atoms with Gasteiger partial charge in [-0.25, -0.2) is 0 Å². The molecule has 1 aliphatic rings. The fourth-order valence-electron chi connectivity index (χ4n) is 1.90. The molecule has 1 fully saturated rings. The number of ketones is 1. The number of nitrogens with two attached hydrogens (primary N) is 1. The van der Waals surface area contributed by atoms with Crippen molar-refractivity contribution in [2.45, 2.75) is 38.9 Å². The van der Waals surface area contributed by atoms with Crippen molar-refractivity contribution in [1.82, 2.24) is 0 Å². The number of ether oxygens (including phenoxy) is 1. The molecule has 0 spiro atoms. The quantitative estimate of drug-likeness (QED) is 0.595. The largest absolute Gasteiger partial charge is 0.369 e. The van der Waals surface area contributed by atoms with Crippen LogP contribution in [-0.2, 0) is 14.3 Å². The summed E-state index contributed by atoms with van der Waals surface area (Å²) in [5, 5.41) is 0. The van der Waals surface area contributed by atoms with Gasteiger partial charge in [0.15, 0.2) is 5.78 Å². The molecule has 1 unspecified atom stereocenters. The first-order chi connectivity index (χ1) is 5.68. The van der Waals surface area contributed by atoms with Crippen LogP contribution in [0.15, 0.2) is 0 Å². The lowest BCUT2D eigenvalue weighted by atomic mass is 9.86. The van der Waals surface area contributed by atoms with Crippen molar-refractivity contribution in [2.24, 2.45) is 11.7 Å². The number of rotatable bonds is 1. The maximum absolute atomic E-state index is 11.7. The van der Waals surface area contributed by atoms with Crippen LogP contribution >= 0.6 is 0 Å². The van der Waals surface area contributed by atoms with Crippen molar-refractivity contribution in [2.75, 3.05) is 0 Å². The first-order valence-corrected chi connectivity index (χ1v) is 4.22. The first-order valence-electron chi connectivity index (χ1n) is 4.22. The van der Waals surface area contributed by atoms with Crippen LogP contribution in [0.5, 0.6) is 0 Å². The highest BCUT2D eigenvalue weighted by Gasteiger charge is 2.55. The molecule has 1 atom stereocenters. The van der Waals surface area contributed by atoms with Gasteiger partial charge in [0.05, 0.1) is 5.60 Å². The van der Waals surface area contributed by atoms with E-state index in [0.717, 1.165) is 0 Å². The Labute approximate surface area is 77.4 Å². The average molecular weight is 185 g/mol. The summed E-state index contributed by atoms with van der Waals surface area (Å²) in [6.07, 6.45) is 0. The fourth-order valence-corrected chi connectivity index (χ4v) is 1.90. The van der Waals surface area contributed by atoms with E-state index in [9.17, 15) is 9.59 Å². The summed E-state index contributed by atoms with van der Waals surface area (Å²) in [7, 11) is 0. The maximum Gasteiger partial charge on any atom is 0.231 e. The smallest absolute Gasteiger partial charge is 0.231 e.